The van der Waals surface area contributed by atoms with Crippen molar-refractivity contribution in [3.8, 4) is 0 Å². The molecule has 0 saturated carbocycles. The fourth-order valence-corrected chi connectivity index (χ4v) is 2.06. The Labute approximate surface area is 103 Å². The summed E-state index contributed by atoms with van der Waals surface area (Å²) >= 11 is 0. The van der Waals surface area contributed by atoms with Gasteiger partial charge in [0.15, 0.2) is 0 Å². The third-order valence-electron chi connectivity index (χ3n) is 2.89. The second kappa shape index (κ2) is 5.64. The topological polar surface area (TPSA) is 29.9 Å². The lowest BCUT2D eigenvalue weighted by molar-refractivity contribution is 0.559. The van der Waals surface area contributed by atoms with Crippen molar-refractivity contribution in [2.45, 2.75) is 26.4 Å². The first kappa shape index (κ1) is 11.9. The summed E-state index contributed by atoms with van der Waals surface area (Å²) in [5.74, 6) is 1.08. The molecule has 0 fully saturated rings. The van der Waals surface area contributed by atoms with Crippen molar-refractivity contribution in [1.29, 1.82) is 0 Å². The van der Waals surface area contributed by atoms with Crippen molar-refractivity contribution in [2.24, 2.45) is 0 Å². The van der Waals surface area contributed by atoms with Crippen LogP contribution in [0.2, 0.25) is 0 Å². The average Bonchev–Trinajstić information content (AvgIpc) is 2.85. The lowest BCUT2D eigenvalue weighted by atomic mass is 10.1. The van der Waals surface area contributed by atoms with Gasteiger partial charge in [-0.1, -0.05) is 37.3 Å². The first-order valence-electron chi connectivity index (χ1n) is 6.16. The SMILES string of the molecule is CCNC(c1ccccc1)c1nccn1CC. The Bertz CT molecular complexity index is 448. The smallest absolute Gasteiger partial charge is 0.130 e. The molecule has 1 aromatic heterocycles. The molecule has 0 aliphatic rings. The Morgan fingerprint density at radius 2 is 2.00 bits per heavy atom. The molecule has 17 heavy (non-hydrogen) atoms. The van der Waals surface area contributed by atoms with E-state index in [1.165, 1.54) is 5.56 Å². The molecule has 0 amide bonds. The maximum Gasteiger partial charge on any atom is 0.130 e. The quantitative estimate of drug-likeness (QED) is 0.854. The molecule has 0 spiro atoms. The van der Waals surface area contributed by atoms with Crippen LogP contribution < -0.4 is 5.32 Å². The summed E-state index contributed by atoms with van der Waals surface area (Å²) < 4.78 is 2.18. The summed E-state index contributed by atoms with van der Waals surface area (Å²) in [6.45, 7) is 6.13. The molecule has 1 N–H and O–H groups in total. The molecule has 2 aromatic rings. The van der Waals surface area contributed by atoms with E-state index in [1.54, 1.807) is 0 Å². The highest BCUT2D eigenvalue weighted by atomic mass is 15.1. The Morgan fingerprint density at radius 1 is 1.24 bits per heavy atom. The predicted molar refractivity (Wildman–Crippen MR) is 69.9 cm³/mol. The minimum absolute atomic E-state index is 0.177. The fourth-order valence-electron chi connectivity index (χ4n) is 2.06. The van der Waals surface area contributed by atoms with Crippen LogP contribution in [0.15, 0.2) is 42.7 Å². The van der Waals surface area contributed by atoms with Crippen LogP contribution >= 0.6 is 0 Å². The largest absolute Gasteiger partial charge is 0.334 e. The second-order valence-corrected chi connectivity index (χ2v) is 3.97. The number of aromatic nitrogens is 2. The van der Waals surface area contributed by atoms with Gasteiger partial charge in [0, 0.05) is 18.9 Å². The number of nitrogens with zero attached hydrogens (tertiary/aromatic N) is 2. The van der Waals surface area contributed by atoms with Gasteiger partial charge < -0.3 is 9.88 Å². The third-order valence-corrected chi connectivity index (χ3v) is 2.89. The highest BCUT2D eigenvalue weighted by Gasteiger charge is 2.16. The van der Waals surface area contributed by atoms with Crippen LogP contribution in [-0.4, -0.2) is 16.1 Å². The van der Waals surface area contributed by atoms with Crippen LogP contribution in [0.25, 0.3) is 0 Å². The molecule has 2 rings (SSSR count). The van der Waals surface area contributed by atoms with Gasteiger partial charge in [-0.25, -0.2) is 4.98 Å². The van der Waals surface area contributed by atoms with Crippen LogP contribution in [0.3, 0.4) is 0 Å². The molecule has 0 aliphatic heterocycles. The van der Waals surface area contributed by atoms with E-state index in [0.717, 1.165) is 18.9 Å². The van der Waals surface area contributed by atoms with Crippen molar-refractivity contribution in [3.63, 3.8) is 0 Å². The fraction of sp³-hybridized carbons (Fsp3) is 0.357. The van der Waals surface area contributed by atoms with Gasteiger partial charge in [-0.05, 0) is 19.0 Å². The van der Waals surface area contributed by atoms with Gasteiger partial charge in [0.2, 0.25) is 0 Å². The Kier molecular flexibility index (Phi) is 3.94. The maximum absolute atomic E-state index is 4.48. The number of aryl methyl sites for hydroxylation is 1. The molecule has 3 nitrogen and oxygen atoms in total. The zero-order valence-corrected chi connectivity index (χ0v) is 10.4. The summed E-state index contributed by atoms with van der Waals surface area (Å²) in [5, 5.41) is 3.49. The Balaban J connectivity index is 2.36. The van der Waals surface area contributed by atoms with Gasteiger partial charge in [0.25, 0.3) is 0 Å². The molecule has 90 valence electrons. The van der Waals surface area contributed by atoms with Crippen LogP contribution in [0.1, 0.15) is 31.3 Å². The maximum atomic E-state index is 4.48. The minimum atomic E-state index is 0.177. The van der Waals surface area contributed by atoms with E-state index < -0.39 is 0 Å². The average molecular weight is 229 g/mol. The lowest BCUT2D eigenvalue weighted by Gasteiger charge is -2.19. The molecule has 1 aromatic carbocycles. The lowest BCUT2D eigenvalue weighted by Crippen LogP contribution is -2.25. The summed E-state index contributed by atoms with van der Waals surface area (Å²) in [6.07, 6.45) is 3.90. The van der Waals surface area contributed by atoms with Gasteiger partial charge in [-0.15, -0.1) is 0 Å². The van der Waals surface area contributed by atoms with Gasteiger partial charge in [0.05, 0.1) is 6.04 Å². The molecular formula is C14H19N3. The molecule has 1 heterocycles. The van der Waals surface area contributed by atoms with Crippen LogP contribution in [-0.2, 0) is 6.54 Å². The Morgan fingerprint density at radius 3 is 2.65 bits per heavy atom. The van der Waals surface area contributed by atoms with Crippen LogP contribution in [0.4, 0.5) is 0 Å². The van der Waals surface area contributed by atoms with E-state index in [4.69, 9.17) is 0 Å². The Hall–Kier alpha value is -1.61. The van der Waals surface area contributed by atoms with E-state index in [2.05, 4.69) is 53.0 Å². The van der Waals surface area contributed by atoms with Crippen molar-refractivity contribution in [2.75, 3.05) is 6.54 Å². The van der Waals surface area contributed by atoms with Crippen LogP contribution in [0.5, 0.6) is 0 Å². The van der Waals surface area contributed by atoms with E-state index in [1.807, 2.05) is 18.5 Å². The molecule has 1 unspecified atom stereocenters. The highest BCUT2D eigenvalue weighted by molar-refractivity contribution is 5.25. The van der Waals surface area contributed by atoms with Gasteiger partial charge in [0.1, 0.15) is 5.82 Å². The monoisotopic (exact) mass is 229 g/mol. The van der Waals surface area contributed by atoms with Gasteiger partial charge in [-0.3, -0.25) is 0 Å². The molecule has 0 bridgehead atoms. The van der Waals surface area contributed by atoms with Crippen molar-refractivity contribution in [1.82, 2.24) is 14.9 Å². The summed E-state index contributed by atoms with van der Waals surface area (Å²) in [4.78, 5) is 4.48. The summed E-state index contributed by atoms with van der Waals surface area (Å²) in [7, 11) is 0. The van der Waals surface area contributed by atoms with Crippen molar-refractivity contribution < 1.29 is 0 Å². The standard InChI is InChI=1S/C14H19N3/c1-3-15-13(12-8-6-5-7-9-12)14-16-10-11-17(14)4-2/h5-11,13,15H,3-4H2,1-2H3. The van der Waals surface area contributed by atoms with E-state index >= 15 is 0 Å². The number of imidazole rings is 1. The van der Waals surface area contributed by atoms with Crippen LogP contribution in [0, 0.1) is 0 Å². The predicted octanol–water partition coefficient (Wildman–Crippen LogP) is 2.60. The summed E-state index contributed by atoms with van der Waals surface area (Å²) in [6, 6.07) is 10.6. The second-order valence-electron chi connectivity index (χ2n) is 3.97. The van der Waals surface area contributed by atoms with Crippen molar-refractivity contribution >= 4 is 0 Å². The van der Waals surface area contributed by atoms with Crippen molar-refractivity contribution in [3.05, 3.63) is 54.1 Å². The molecule has 0 saturated heterocycles. The first-order valence-corrected chi connectivity index (χ1v) is 6.16. The summed E-state index contributed by atoms with van der Waals surface area (Å²) in [5.41, 5.74) is 1.26. The molecule has 1 atom stereocenters. The number of hydrogen-bond donors (Lipinski definition) is 1. The number of hydrogen-bond acceptors (Lipinski definition) is 2. The highest BCUT2D eigenvalue weighted by Crippen LogP contribution is 2.20. The van der Waals surface area contributed by atoms with E-state index in [9.17, 15) is 0 Å². The first-order chi connectivity index (χ1) is 8.36. The molecular weight excluding hydrogens is 210 g/mol. The van der Waals surface area contributed by atoms with E-state index in [0.29, 0.717) is 0 Å². The number of benzene rings is 1. The molecule has 3 heteroatoms. The molecule has 0 radical (unpaired) electrons. The molecule has 0 aliphatic carbocycles. The number of rotatable bonds is 5. The van der Waals surface area contributed by atoms with Gasteiger partial charge >= 0.3 is 0 Å². The van der Waals surface area contributed by atoms with Gasteiger partial charge in [-0.2, -0.15) is 0 Å². The zero-order chi connectivity index (χ0) is 12.1. The third kappa shape index (κ3) is 2.56. The zero-order valence-electron chi connectivity index (χ0n) is 10.4. The number of nitrogens with one attached hydrogen (secondary N) is 1. The normalized spacial score (nSPS) is 12.6. The van der Waals surface area contributed by atoms with E-state index in [-0.39, 0.29) is 6.04 Å². The minimum Gasteiger partial charge on any atom is -0.334 e.